The van der Waals surface area contributed by atoms with Crippen molar-refractivity contribution in [3.63, 3.8) is 0 Å². The number of hydrogen-bond acceptors (Lipinski definition) is 7. The number of nitrogens with one attached hydrogen (secondary N) is 1. The molecular weight excluding hydrogens is 398 g/mol. The smallest absolute Gasteiger partial charge is 0.322 e. The van der Waals surface area contributed by atoms with Crippen LogP contribution in [0.3, 0.4) is 0 Å². The van der Waals surface area contributed by atoms with Gasteiger partial charge in [-0.25, -0.2) is 0 Å². The number of hydrogen-bond donors (Lipinski definition) is 1. The minimum absolute atomic E-state index is 0.0118. The van der Waals surface area contributed by atoms with Crippen molar-refractivity contribution >= 4 is 17.6 Å². The van der Waals surface area contributed by atoms with Crippen molar-refractivity contribution in [1.29, 1.82) is 0 Å². The fraction of sp³-hybridized carbons (Fsp3) is 0.591. The van der Waals surface area contributed by atoms with Crippen LogP contribution in [-0.2, 0) is 4.79 Å². The lowest BCUT2D eigenvalue weighted by Crippen LogP contribution is -2.48. The van der Waals surface area contributed by atoms with Crippen LogP contribution in [0, 0.1) is 10.1 Å². The summed E-state index contributed by atoms with van der Waals surface area (Å²) in [6, 6.07) is 6.84. The summed E-state index contributed by atoms with van der Waals surface area (Å²) in [4.78, 5) is 25.6. The summed E-state index contributed by atoms with van der Waals surface area (Å²) >= 11 is 0. The third kappa shape index (κ3) is 5.46. The van der Waals surface area contributed by atoms with Crippen LogP contribution in [-0.4, -0.2) is 44.6 Å². The zero-order valence-corrected chi connectivity index (χ0v) is 17.7. The van der Waals surface area contributed by atoms with Gasteiger partial charge in [0.1, 0.15) is 0 Å². The number of nitro groups is 1. The lowest BCUT2D eigenvalue weighted by Gasteiger charge is -2.41. The van der Waals surface area contributed by atoms with Crippen LogP contribution < -0.4 is 5.32 Å². The number of carbonyl (C=O) groups excluding carboxylic acids is 1. The first-order valence-corrected chi connectivity index (χ1v) is 11.2. The van der Waals surface area contributed by atoms with E-state index in [-0.39, 0.29) is 23.5 Å². The topological polar surface area (TPSA) is 114 Å². The number of aromatic nitrogens is 2. The average Bonchev–Trinajstić information content (AvgIpc) is 3.27. The Morgan fingerprint density at radius 1 is 1.00 bits per heavy atom. The van der Waals surface area contributed by atoms with E-state index in [0.717, 1.165) is 25.7 Å². The van der Waals surface area contributed by atoms with Crippen molar-refractivity contribution in [2.75, 3.05) is 11.9 Å². The third-order valence-corrected chi connectivity index (χ3v) is 6.41. The Hall–Kier alpha value is -2.81. The van der Waals surface area contributed by atoms with E-state index in [1.807, 2.05) is 0 Å². The average molecular weight is 428 g/mol. The molecule has 1 heterocycles. The molecule has 0 aliphatic heterocycles. The molecule has 166 valence electrons. The molecule has 0 saturated heterocycles. The first-order chi connectivity index (χ1) is 15.1. The number of rotatable bonds is 7. The van der Waals surface area contributed by atoms with Crippen LogP contribution in [0.1, 0.15) is 64.2 Å². The Balaban J connectivity index is 1.40. The minimum atomic E-state index is -0.465. The van der Waals surface area contributed by atoms with Gasteiger partial charge in [-0.1, -0.05) is 43.6 Å². The van der Waals surface area contributed by atoms with Crippen LogP contribution in [0.5, 0.6) is 0 Å². The predicted octanol–water partition coefficient (Wildman–Crippen LogP) is 4.55. The van der Waals surface area contributed by atoms with E-state index in [4.69, 9.17) is 4.42 Å². The lowest BCUT2D eigenvalue weighted by molar-refractivity contribution is -0.384. The molecule has 0 spiro atoms. The van der Waals surface area contributed by atoms with Gasteiger partial charge in [-0.2, -0.15) is 0 Å². The quantitative estimate of drug-likeness (QED) is 0.509. The first-order valence-electron chi connectivity index (χ1n) is 11.2. The SMILES string of the molecule is O=C(CN(C1CCCCC1)C1CCCCC1)Nc1nnc(-c2ccc([N+](=O)[O-])cc2)o1. The summed E-state index contributed by atoms with van der Waals surface area (Å²) in [5, 5.41) is 21.4. The molecule has 1 aromatic heterocycles. The molecule has 1 amide bonds. The van der Waals surface area contributed by atoms with E-state index in [1.165, 1.54) is 50.7 Å². The van der Waals surface area contributed by atoms with Gasteiger partial charge in [0.25, 0.3) is 5.69 Å². The maximum Gasteiger partial charge on any atom is 0.322 e. The van der Waals surface area contributed by atoms with Crippen LogP contribution in [0.25, 0.3) is 11.5 Å². The number of carbonyl (C=O) groups is 1. The number of anilines is 1. The monoisotopic (exact) mass is 427 g/mol. The van der Waals surface area contributed by atoms with Crippen molar-refractivity contribution in [3.05, 3.63) is 34.4 Å². The summed E-state index contributed by atoms with van der Waals surface area (Å²) in [5.74, 6) is 0.0664. The fourth-order valence-corrected chi connectivity index (χ4v) is 4.82. The highest BCUT2D eigenvalue weighted by atomic mass is 16.6. The molecule has 0 atom stereocenters. The molecule has 0 radical (unpaired) electrons. The van der Waals surface area contributed by atoms with Crippen LogP contribution in [0.15, 0.2) is 28.7 Å². The number of amides is 1. The Bertz CT molecular complexity index is 868. The van der Waals surface area contributed by atoms with E-state index in [2.05, 4.69) is 20.4 Å². The summed E-state index contributed by atoms with van der Waals surface area (Å²) in [5.41, 5.74) is 0.548. The molecule has 1 aromatic carbocycles. The van der Waals surface area contributed by atoms with Crippen LogP contribution in [0.2, 0.25) is 0 Å². The first kappa shape index (κ1) is 21.4. The van der Waals surface area contributed by atoms with Gasteiger partial charge in [-0.3, -0.25) is 25.1 Å². The van der Waals surface area contributed by atoms with Gasteiger partial charge in [0.05, 0.1) is 11.5 Å². The van der Waals surface area contributed by atoms with Crippen molar-refractivity contribution in [2.24, 2.45) is 0 Å². The summed E-state index contributed by atoms with van der Waals surface area (Å²) in [6.07, 6.45) is 12.2. The molecule has 31 heavy (non-hydrogen) atoms. The molecule has 2 aliphatic rings. The Labute approximate surface area is 181 Å². The van der Waals surface area contributed by atoms with Gasteiger partial charge in [0.2, 0.25) is 11.8 Å². The van der Waals surface area contributed by atoms with Gasteiger partial charge in [0, 0.05) is 29.8 Å². The molecule has 4 rings (SSSR count). The predicted molar refractivity (Wildman–Crippen MR) is 115 cm³/mol. The second-order valence-corrected chi connectivity index (χ2v) is 8.52. The maximum atomic E-state index is 12.8. The second-order valence-electron chi connectivity index (χ2n) is 8.52. The van der Waals surface area contributed by atoms with Gasteiger partial charge < -0.3 is 4.42 Å². The highest BCUT2D eigenvalue weighted by molar-refractivity contribution is 5.90. The van der Waals surface area contributed by atoms with Crippen molar-refractivity contribution in [2.45, 2.75) is 76.3 Å². The van der Waals surface area contributed by atoms with Gasteiger partial charge in [-0.15, -0.1) is 5.10 Å². The normalized spacial score (nSPS) is 18.2. The van der Waals surface area contributed by atoms with Crippen LogP contribution in [0.4, 0.5) is 11.7 Å². The van der Waals surface area contributed by atoms with E-state index in [0.29, 0.717) is 24.2 Å². The summed E-state index contributed by atoms with van der Waals surface area (Å²) in [6.45, 7) is 0.338. The number of benzene rings is 1. The van der Waals surface area contributed by atoms with E-state index in [1.54, 1.807) is 12.1 Å². The standard InChI is InChI=1S/C22H29N5O4/c28-20(15-26(17-7-3-1-4-8-17)18-9-5-2-6-10-18)23-22-25-24-21(31-22)16-11-13-19(14-12-16)27(29)30/h11-14,17-18H,1-10,15H2,(H,23,25,28). The highest BCUT2D eigenvalue weighted by Gasteiger charge is 2.30. The molecule has 1 N–H and O–H groups in total. The molecule has 2 fully saturated rings. The lowest BCUT2D eigenvalue weighted by atomic mass is 9.88. The molecule has 2 aliphatic carbocycles. The maximum absolute atomic E-state index is 12.8. The fourth-order valence-electron chi connectivity index (χ4n) is 4.82. The van der Waals surface area contributed by atoms with Crippen molar-refractivity contribution < 1.29 is 14.1 Å². The molecule has 9 heteroatoms. The second kappa shape index (κ2) is 10.00. The summed E-state index contributed by atoms with van der Waals surface area (Å²) < 4.78 is 5.57. The third-order valence-electron chi connectivity index (χ3n) is 6.41. The van der Waals surface area contributed by atoms with E-state index < -0.39 is 4.92 Å². The Morgan fingerprint density at radius 2 is 1.58 bits per heavy atom. The minimum Gasteiger partial charge on any atom is -0.403 e. The zero-order chi connectivity index (χ0) is 21.6. The molecule has 0 unspecified atom stereocenters. The largest absolute Gasteiger partial charge is 0.403 e. The highest BCUT2D eigenvalue weighted by Crippen LogP contribution is 2.30. The van der Waals surface area contributed by atoms with Crippen LogP contribution >= 0.6 is 0 Å². The van der Waals surface area contributed by atoms with E-state index in [9.17, 15) is 14.9 Å². The van der Waals surface area contributed by atoms with E-state index >= 15 is 0 Å². The zero-order valence-electron chi connectivity index (χ0n) is 17.7. The molecule has 9 nitrogen and oxygen atoms in total. The number of nitro benzene ring substituents is 1. The molecule has 2 saturated carbocycles. The van der Waals surface area contributed by atoms with Gasteiger partial charge >= 0.3 is 6.01 Å². The Morgan fingerprint density at radius 3 is 2.13 bits per heavy atom. The molecule has 2 aromatic rings. The summed E-state index contributed by atoms with van der Waals surface area (Å²) in [7, 11) is 0. The van der Waals surface area contributed by atoms with Crippen molar-refractivity contribution in [1.82, 2.24) is 15.1 Å². The molecular formula is C22H29N5O4. The van der Waals surface area contributed by atoms with Gasteiger partial charge in [0.15, 0.2) is 0 Å². The number of non-ortho nitro benzene ring substituents is 1. The number of nitrogens with zero attached hydrogens (tertiary/aromatic N) is 4. The van der Waals surface area contributed by atoms with Crippen molar-refractivity contribution in [3.8, 4) is 11.5 Å². The molecule has 0 bridgehead atoms. The Kier molecular flexibility index (Phi) is 6.91. The van der Waals surface area contributed by atoms with Gasteiger partial charge in [-0.05, 0) is 37.8 Å².